The lowest BCUT2D eigenvalue weighted by Gasteiger charge is -2.07. The van der Waals surface area contributed by atoms with E-state index in [1.54, 1.807) is 0 Å². The molecule has 0 aliphatic carbocycles. The molecule has 0 aliphatic rings. The van der Waals surface area contributed by atoms with Gasteiger partial charge in [0.05, 0.1) is 6.26 Å². The van der Waals surface area contributed by atoms with Gasteiger partial charge in [-0.15, -0.1) is 10.2 Å². The first-order chi connectivity index (χ1) is 8.18. The van der Waals surface area contributed by atoms with Crippen LogP contribution in [0.15, 0.2) is 12.1 Å². The summed E-state index contributed by atoms with van der Waals surface area (Å²) in [6.07, 6.45) is -3.52. The van der Waals surface area contributed by atoms with Crippen LogP contribution in [0.2, 0.25) is 0 Å². The SMILES string of the molecule is CS(=O)(=O)NCCNc1ccc(C(F)(F)F)nn1. The minimum absolute atomic E-state index is 0.0987. The van der Waals surface area contributed by atoms with Crippen molar-refractivity contribution in [3.63, 3.8) is 0 Å². The van der Waals surface area contributed by atoms with Crippen molar-refractivity contribution in [1.82, 2.24) is 14.9 Å². The zero-order chi connectivity index (χ0) is 13.8. The molecule has 0 radical (unpaired) electrons. The number of nitrogens with zero attached hydrogens (tertiary/aromatic N) is 2. The van der Waals surface area contributed by atoms with Gasteiger partial charge in [-0.25, -0.2) is 13.1 Å². The summed E-state index contributed by atoms with van der Waals surface area (Å²) >= 11 is 0. The van der Waals surface area contributed by atoms with Gasteiger partial charge in [0.2, 0.25) is 10.0 Å². The van der Waals surface area contributed by atoms with Gasteiger partial charge in [-0.2, -0.15) is 13.2 Å². The summed E-state index contributed by atoms with van der Waals surface area (Å²) in [4.78, 5) is 0. The van der Waals surface area contributed by atoms with Crippen LogP contribution in [0.4, 0.5) is 19.0 Å². The largest absolute Gasteiger partial charge is 0.435 e. The Bertz CT molecular complexity index is 486. The molecule has 0 aromatic carbocycles. The number of alkyl halides is 3. The molecular formula is C8H11F3N4O2S. The average Bonchev–Trinajstić information content (AvgIpc) is 2.22. The van der Waals surface area contributed by atoms with E-state index in [0.29, 0.717) is 0 Å². The van der Waals surface area contributed by atoms with E-state index < -0.39 is 21.9 Å². The van der Waals surface area contributed by atoms with Crippen LogP contribution >= 0.6 is 0 Å². The second-order valence-corrected chi connectivity index (χ2v) is 5.23. The highest BCUT2D eigenvalue weighted by Gasteiger charge is 2.32. The minimum atomic E-state index is -4.52. The molecule has 0 fully saturated rings. The van der Waals surface area contributed by atoms with Gasteiger partial charge in [-0.05, 0) is 12.1 Å². The van der Waals surface area contributed by atoms with E-state index in [4.69, 9.17) is 0 Å². The molecule has 0 aliphatic heterocycles. The predicted molar refractivity (Wildman–Crippen MR) is 58.4 cm³/mol. The van der Waals surface area contributed by atoms with Crippen LogP contribution in [0, 0.1) is 0 Å². The maximum absolute atomic E-state index is 12.2. The molecular weight excluding hydrogens is 273 g/mol. The standard InChI is InChI=1S/C8H11F3N4O2S/c1-18(16,17)13-5-4-12-7-3-2-6(14-15-7)8(9,10)11/h2-3,13H,4-5H2,1H3,(H,12,15). The third kappa shape index (κ3) is 5.27. The Kier molecular flexibility index (Phi) is 4.46. The van der Waals surface area contributed by atoms with Crippen molar-refractivity contribution in [2.45, 2.75) is 6.18 Å². The Balaban J connectivity index is 2.45. The number of aromatic nitrogens is 2. The van der Waals surface area contributed by atoms with Gasteiger partial charge in [-0.3, -0.25) is 0 Å². The molecule has 1 aromatic heterocycles. The van der Waals surface area contributed by atoms with Crippen molar-refractivity contribution >= 4 is 15.8 Å². The molecule has 0 amide bonds. The lowest BCUT2D eigenvalue weighted by Crippen LogP contribution is -2.27. The molecule has 0 unspecified atom stereocenters. The monoisotopic (exact) mass is 284 g/mol. The third-order valence-electron chi connectivity index (χ3n) is 1.75. The van der Waals surface area contributed by atoms with Crippen LogP contribution in [0.1, 0.15) is 5.69 Å². The molecule has 0 bridgehead atoms. The van der Waals surface area contributed by atoms with E-state index in [2.05, 4.69) is 20.2 Å². The number of nitrogens with one attached hydrogen (secondary N) is 2. The number of rotatable bonds is 5. The quantitative estimate of drug-likeness (QED) is 0.767. The minimum Gasteiger partial charge on any atom is -0.367 e. The maximum atomic E-state index is 12.2. The van der Waals surface area contributed by atoms with Crippen molar-refractivity contribution < 1.29 is 21.6 Å². The molecule has 0 atom stereocenters. The van der Waals surface area contributed by atoms with Crippen molar-refractivity contribution in [2.24, 2.45) is 0 Å². The summed E-state index contributed by atoms with van der Waals surface area (Å²) < 4.78 is 60.1. The smallest absolute Gasteiger partial charge is 0.367 e. The Morgan fingerprint density at radius 3 is 2.33 bits per heavy atom. The summed E-state index contributed by atoms with van der Waals surface area (Å²) in [5.74, 6) is 0.137. The van der Waals surface area contributed by atoms with E-state index in [-0.39, 0.29) is 18.9 Å². The van der Waals surface area contributed by atoms with E-state index in [9.17, 15) is 21.6 Å². The first kappa shape index (κ1) is 14.6. The van der Waals surface area contributed by atoms with Crippen LogP contribution in [-0.4, -0.2) is 38.0 Å². The van der Waals surface area contributed by atoms with E-state index in [0.717, 1.165) is 18.4 Å². The van der Waals surface area contributed by atoms with E-state index in [1.165, 1.54) is 0 Å². The molecule has 18 heavy (non-hydrogen) atoms. The molecule has 10 heteroatoms. The van der Waals surface area contributed by atoms with Crippen LogP contribution in [0.3, 0.4) is 0 Å². The van der Waals surface area contributed by atoms with Gasteiger partial charge < -0.3 is 5.32 Å². The lowest BCUT2D eigenvalue weighted by atomic mass is 10.4. The van der Waals surface area contributed by atoms with E-state index in [1.807, 2.05) is 0 Å². The Morgan fingerprint density at radius 1 is 1.22 bits per heavy atom. The summed E-state index contributed by atoms with van der Waals surface area (Å²) in [7, 11) is -3.28. The fraction of sp³-hybridized carbons (Fsp3) is 0.500. The highest BCUT2D eigenvalue weighted by molar-refractivity contribution is 7.88. The van der Waals surface area contributed by atoms with Gasteiger partial charge in [0.1, 0.15) is 5.82 Å². The van der Waals surface area contributed by atoms with E-state index >= 15 is 0 Å². The Hall–Kier alpha value is -1.42. The summed E-state index contributed by atoms with van der Waals surface area (Å²) in [5.41, 5.74) is -1.08. The summed E-state index contributed by atoms with van der Waals surface area (Å²) in [6.45, 7) is 0.286. The van der Waals surface area contributed by atoms with Gasteiger partial charge in [0.25, 0.3) is 0 Å². The topological polar surface area (TPSA) is 84.0 Å². The first-order valence-electron chi connectivity index (χ1n) is 4.78. The van der Waals surface area contributed by atoms with Crippen molar-refractivity contribution in [3.05, 3.63) is 17.8 Å². The zero-order valence-corrected chi connectivity index (χ0v) is 10.1. The molecule has 1 rings (SSSR count). The van der Waals surface area contributed by atoms with Crippen LogP contribution in [0.25, 0.3) is 0 Å². The zero-order valence-electron chi connectivity index (χ0n) is 9.32. The Morgan fingerprint density at radius 2 is 1.89 bits per heavy atom. The highest BCUT2D eigenvalue weighted by atomic mass is 32.2. The molecule has 0 saturated heterocycles. The average molecular weight is 284 g/mol. The molecule has 0 spiro atoms. The number of hydrogen-bond acceptors (Lipinski definition) is 5. The fourth-order valence-electron chi connectivity index (χ4n) is 1.00. The number of anilines is 1. The Labute approximate surface area is 102 Å². The van der Waals surface area contributed by atoms with Crippen LogP contribution < -0.4 is 10.0 Å². The molecule has 6 nitrogen and oxygen atoms in total. The number of sulfonamides is 1. The lowest BCUT2D eigenvalue weighted by molar-refractivity contribution is -0.141. The van der Waals surface area contributed by atoms with Gasteiger partial charge in [-0.1, -0.05) is 0 Å². The van der Waals surface area contributed by atoms with Crippen LogP contribution in [0.5, 0.6) is 0 Å². The maximum Gasteiger partial charge on any atom is 0.435 e. The van der Waals surface area contributed by atoms with Crippen molar-refractivity contribution in [3.8, 4) is 0 Å². The predicted octanol–water partition coefficient (Wildman–Crippen LogP) is 0.456. The highest BCUT2D eigenvalue weighted by Crippen LogP contribution is 2.26. The van der Waals surface area contributed by atoms with Crippen molar-refractivity contribution in [1.29, 1.82) is 0 Å². The van der Waals surface area contributed by atoms with Crippen LogP contribution in [-0.2, 0) is 16.2 Å². The molecule has 0 saturated carbocycles. The molecule has 2 N–H and O–H groups in total. The summed E-state index contributed by atoms with van der Waals surface area (Å²) in [6, 6.07) is 1.91. The third-order valence-corrected chi connectivity index (χ3v) is 2.48. The number of halogens is 3. The first-order valence-corrected chi connectivity index (χ1v) is 6.67. The van der Waals surface area contributed by atoms with Crippen molar-refractivity contribution in [2.75, 3.05) is 24.7 Å². The molecule has 1 aromatic rings. The van der Waals surface area contributed by atoms with Gasteiger partial charge in [0.15, 0.2) is 5.69 Å². The fourth-order valence-corrected chi connectivity index (χ4v) is 1.48. The molecule has 1 heterocycles. The summed E-state index contributed by atoms with van der Waals surface area (Å²) in [5, 5.41) is 8.95. The molecule has 102 valence electrons. The van der Waals surface area contributed by atoms with Gasteiger partial charge in [0, 0.05) is 13.1 Å². The second kappa shape index (κ2) is 5.48. The second-order valence-electron chi connectivity index (χ2n) is 3.39. The van der Waals surface area contributed by atoms with Gasteiger partial charge >= 0.3 is 6.18 Å². The normalized spacial score (nSPS) is 12.4. The number of hydrogen-bond donors (Lipinski definition) is 2.